The van der Waals surface area contributed by atoms with Gasteiger partial charge in [0.2, 0.25) is 0 Å². The number of aliphatic carboxylic acids is 1. The molecular weight excluding hydrogens is 263 g/mol. The zero-order valence-corrected chi connectivity index (χ0v) is 9.92. The van der Waals surface area contributed by atoms with E-state index in [1.54, 1.807) is 13.0 Å². The molecule has 0 unspecified atom stereocenters. The Morgan fingerprint density at radius 1 is 1.60 bits per heavy atom. The van der Waals surface area contributed by atoms with Gasteiger partial charge < -0.3 is 5.11 Å². The fourth-order valence-electron chi connectivity index (χ4n) is 1.33. The number of hydrogen-bond donors (Lipinski definition) is 1. The van der Waals surface area contributed by atoms with E-state index in [4.69, 9.17) is 5.11 Å². The number of rotatable bonds is 4. The van der Waals surface area contributed by atoms with E-state index in [0.717, 1.165) is 0 Å². The maximum atomic E-state index is 13.5. The summed E-state index contributed by atoms with van der Waals surface area (Å²) < 4.78 is 14.1. The Kier molecular flexibility index (Phi) is 3.85. The van der Waals surface area contributed by atoms with E-state index < -0.39 is 17.7 Å². The van der Waals surface area contributed by atoms with Crippen LogP contribution in [0.5, 0.6) is 0 Å². The minimum Gasteiger partial charge on any atom is -0.481 e. The van der Waals surface area contributed by atoms with Gasteiger partial charge in [-0.05, 0) is 25.0 Å². The van der Waals surface area contributed by atoms with Gasteiger partial charge in [0.25, 0.3) is 0 Å². The summed E-state index contributed by atoms with van der Waals surface area (Å²) in [6, 6.07) is 0. The highest BCUT2D eigenvalue weighted by atomic mass is 79.9. The van der Waals surface area contributed by atoms with Crippen molar-refractivity contribution >= 4 is 21.9 Å². The van der Waals surface area contributed by atoms with Crippen LogP contribution < -0.4 is 0 Å². The number of hydrogen-bond acceptors (Lipinski definition) is 1. The molecule has 82 valence electrons. The van der Waals surface area contributed by atoms with E-state index in [-0.39, 0.29) is 11.5 Å². The van der Waals surface area contributed by atoms with E-state index in [0.29, 0.717) is 10.9 Å². The van der Waals surface area contributed by atoms with Gasteiger partial charge in [-0.25, -0.2) is 4.39 Å². The second-order valence-corrected chi connectivity index (χ2v) is 4.39. The first-order valence-electron chi connectivity index (χ1n) is 4.58. The molecule has 0 spiro atoms. The minimum absolute atomic E-state index is 0.240. The molecule has 1 aliphatic rings. The summed E-state index contributed by atoms with van der Waals surface area (Å²) >= 11 is 3.15. The molecule has 0 radical (unpaired) electrons. The fraction of sp³-hybridized carbons (Fsp3) is 0.364. The molecule has 0 saturated heterocycles. The van der Waals surface area contributed by atoms with Crippen LogP contribution in [-0.2, 0) is 4.79 Å². The Morgan fingerprint density at radius 3 is 2.60 bits per heavy atom. The minimum atomic E-state index is -0.876. The van der Waals surface area contributed by atoms with Crippen LogP contribution in [0.15, 0.2) is 34.6 Å². The first-order chi connectivity index (χ1) is 6.97. The van der Waals surface area contributed by atoms with Crippen LogP contribution in [-0.4, -0.2) is 11.1 Å². The molecule has 4 heteroatoms. The van der Waals surface area contributed by atoms with Crippen LogP contribution in [0.3, 0.4) is 0 Å². The Bertz CT molecular complexity index is 358. The highest BCUT2D eigenvalue weighted by Gasteiger charge is 2.45. The quantitative estimate of drug-likeness (QED) is 0.798. The molecule has 0 aromatic rings. The molecule has 1 N–H and O–H groups in total. The van der Waals surface area contributed by atoms with Crippen LogP contribution in [0.4, 0.5) is 4.39 Å². The van der Waals surface area contributed by atoms with Crippen molar-refractivity contribution in [1.82, 2.24) is 0 Å². The SMILES string of the molecule is C=C(/C(F)=C\C(Br)=C/C)[C@@H]1C[C@H]1C(=O)O. The molecule has 15 heavy (non-hydrogen) atoms. The zero-order valence-electron chi connectivity index (χ0n) is 8.34. The maximum Gasteiger partial charge on any atom is 0.307 e. The number of allylic oxidation sites excluding steroid dienone is 5. The third-order valence-electron chi connectivity index (χ3n) is 2.40. The molecule has 0 aromatic heterocycles. The van der Waals surface area contributed by atoms with Gasteiger partial charge >= 0.3 is 5.97 Å². The predicted molar refractivity (Wildman–Crippen MR) is 60.2 cm³/mol. The van der Waals surface area contributed by atoms with Gasteiger partial charge in [0.05, 0.1) is 5.92 Å². The molecule has 0 amide bonds. The van der Waals surface area contributed by atoms with Gasteiger partial charge in [-0.15, -0.1) is 0 Å². The number of carboxylic acid groups (broad SMARTS) is 1. The Balaban J connectivity index is 2.64. The van der Waals surface area contributed by atoms with Gasteiger partial charge in [0.15, 0.2) is 0 Å². The standard InChI is InChI=1S/C11H12BrFO2/c1-3-7(12)4-10(13)6(2)8-5-9(8)11(14)15/h3-4,8-9H,2,5H2,1H3,(H,14,15)/b7-3+,10-4+/t8-,9+/m0/s1. The summed E-state index contributed by atoms with van der Waals surface area (Å²) in [6.07, 6.45) is 3.50. The van der Waals surface area contributed by atoms with Gasteiger partial charge in [-0.3, -0.25) is 4.79 Å². The monoisotopic (exact) mass is 274 g/mol. The summed E-state index contributed by atoms with van der Waals surface area (Å²) in [4.78, 5) is 10.6. The molecule has 0 heterocycles. The van der Waals surface area contributed by atoms with Gasteiger partial charge in [0, 0.05) is 10.4 Å². The van der Waals surface area contributed by atoms with Crippen molar-refractivity contribution in [2.75, 3.05) is 0 Å². The Hall–Kier alpha value is -0.900. The highest BCUT2D eigenvalue weighted by molar-refractivity contribution is 9.11. The van der Waals surface area contributed by atoms with Crippen molar-refractivity contribution in [2.24, 2.45) is 11.8 Å². The lowest BCUT2D eigenvalue weighted by Gasteiger charge is -2.00. The van der Waals surface area contributed by atoms with Crippen LogP contribution >= 0.6 is 15.9 Å². The zero-order chi connectivity index (χ0) is 11.6. The smallest absolute Gasteiger partial charge is 0.307 e. The van der Waals surface area contributed by atoms with Gasteiger partial charge in [-0.2, -0.15) is 0 Å². The van der Waals surface area contributed by atoms with E-state index >= 15 is 0 Å². The Morgan fingerprint density at radius 2 is 2.20 bits per heavy atom. The Labute approximate surface area is 96.3 Å². The summed E-state index contributed by atoms with van der Waals surface area (Å²) in [7, 11) is 0. The predicted octanol–water partition coefficient (Wildman–Crippen LogP) is 3.42. The molecule has 1 aliphatic carbocycles. The molecule has 0 aromatic carbocycles. The van der Waals surface area contributed by atoms with E-state index in [2.05, 4.69) is 22.5 Å². The fourth-order valence-corrected chi connectivity index (χ4v) is 1.53. The number of halogens is 2. The molecule has 0 bridgehead atoms. The average Bonchev–Trinajstić information content (AvgIpc) is 2.95. The topological polar surface area (TPSA) is 37.3 Å². The third-order valence-corrected chi connectivity index (χ3v) is 3.09. The van der Waals surface area contributed by atoms with Crippen LogP contribution in [0.2, 0.25) is 0 Å². The molecule has 2 nitrogen and oxygen atoms in total. The largest absolute Gasteiger partial charge is 0.481 e. The van der Waals surface area contributed by atoms with E-state index in [1.807, 2.05) is 0 Å². The van der Waals surface area contributed by atoms with Crippen LogP contribution in [0, 0.1) is 11.8 Å². The molecule has 2 atom stereocenters. The lowest BCUT2D eigenvalue weighted by Crippen LogP contribution is -2.00. The van der Waals surface area contributed by atoms with Crippen LogP contribution in [0.1, 0.15) is 13.3 Å². The van der Waals surface area contributed by atoms with Gasteiger partial charge in [-0.1, -0.05) is 28.6 Å². The second kappa shape index (κ2) is 4.75. The lowest BCUT2D eigenvalue weighted by atomic mass is 10.1. The summed E-state index contributed by atoms with van der Waals surface area (Å²) in [6.45, 7) is 5.35. The van der Waals surface area contributed by atoms with E-state index in [1.165, 1.54) is 6.08 Å². The maximum absolute atomic E-state index is 13.5. The molecule has 0 aliphatic heterocycles. The second-order valence-electron chi connectivity index (χ2n) is 3.48. The van der Waals surface area contributed by atoms with Crippen molar-refractivity contribution in [3.05, 3.63) is 34.6 Å². The first-order valence-corrected chi connectivity index (χ1v) is 5.37. The van der Waals surface area contributed by atoms with Crippen molar-refractivity contribution in [2.45, 2.75) is 13.3 Å². The first kappa shape index (κ1) is 12.2. The van der Waals surface area contributed by atoms with Crippen molar-refractivity contribution in [3.8, 4) is 0 Å². The van der Waals surface area contributed by atoms with Crippen molar-refractivity contribution in [1.29, 1.82) is 0 Å². The number of carboxylic acids is 1. The summed E-state index contributed by atoms with van der Waals surface area (Å²) in [5.74, 6) is -2.02. The molecule has 1 rings (SSSR count). The van der Waals surface area contributed by atoms with Crippen molar-refractivity contribution < 1.29 is 14.3 Å². The number of carbonyl (C=O) groups is 1. The average molecular weight is 275 g/mol. The third kappa shape index (κ3) is 3.02. The van der Waals surface area contributed by atoms with Gasteiger partial charge in [0.1, 0.15) is 5.83 Å². The van der Waals surface area contributed by atoms with E-state index in [9.17, 15) is 9.18 Å². The molecule has 1 fully saturated rings. The van der Waals surface area contributed by atoms with Crippen molar-refractivity contribution in [3.63, 3.8) is 0 Å². The highest BCUT2D eigenvalue weighted by Crippen LogP contribution is 2.46. The lowest BCUT2D eigenvalue weighted by molar-refractivity contribution is -0.138. The molecule has 1 saturated carbocycles. The summed E-state index contributed by atoms with van der Waals surface area (Å²) in [5, 5.41) is 8.68. The van der Waals surface area contributed by atoms with Crippen LogP contribution in [0.25, 0.3) is 0 Å². The summed E-state index contributed by atoms with van der Waals surface area (Å²) in [5.41, 5.74) is 0.279. The molecular formula is C11H12BrFO2. The normalized spacial score (nSPS) is 26.3.